The number of benzene rings is 1. The molecule has 0 radical (unpaired) electrons. The van der Waals surface area contributed by atoms with E-state index < -0.39 is 0 Å². The van der Waals surface area contributed by atoms with Gasteiger partial charge in [0.1, 0.15) is 18.4 Å². The second-order valence-corrected chi connectivity index (χ2v) is 6.48. The maximum absolute atomic E-state index is 12.0. The Hall–Kier alpha value is -2.57. The van der Waals surface area contributed by atoms with Crippen LogP contribution in [-0.4, -0.2) is 34.4 Å². The number of aromatic amines is 1. The lowest BCUT2D eigenvalue weighted by Gasteiger charge is -2.26. The van der Waals surface area contributed by atoms with Gasteiger partial charge in [-0.1, -0.05) is 32.9 Å². The van der Waals surface area contributed by atoms with E-state index in [1.54, 1.807) is 0 Å². The van der Waals surface area contributed by atoms with Gasteiger partial charge in [-0.2, -0.15) is 0 Å². The topological polar surface area (TPSA) is 89.1 Å². The molecular weight excluding hydrogens is 296 g/mol. The van der Waals surface area contributed by atoms with E-state index in [1.807, 2.05) is 45.0 Å². The molecule has 0 saturated heterocycles. The van der Waals surface area contributed by atoms with Gasteiger partial charge in [-0.3, -0.25) is 9.78 Å². The molecule has 2 heterocycles. The minimum Gasteiger partial charge on any atom is -0.486 e. The smallest absolute Gasteiger partial charge is 0.274 e. The Morgan fingerprint density at radius 1 is 1.26 bits per heavy atom. The summed E-state index contributed by atoms with van der Waals surface area (Å²) in [6.45, 7) is 6.65. The van der Waals surface area contributed by atoms with E-state index in [1.165, 1.54) is 0 Å². The number of H-pyrrole nitrogens is 1. The number of para-hydroxylation sites is 2. The third-order valence-corrected chi connectivity index (χ3v) is 3.47. The molecule has 1 aliphatic rings. The van der Waals surface area contributed by atoms with Crippen molar-refractivity contribution >= 4 is 5.95 Å². The number of fused-ring (bicyclic) bond motifs is 1. The molecule has 0 saturated carbocycles. The van der Waals surface area contributed by atoms with Gasteiger partial charge < -0.3 is 14.8 Å². The molecule has 1 unspecified atom stereocenters. The first-order chi connectivity index (χ1) is 10.9. The summed E-state index contributed by atoms with van der Waals surface area (Å²) in [5, 5.41) is 11.1. The predicted octanol–water partition coefficient (Wildman–Crippen LogP) is 1.71. The van der Waals surface area contributed by atoms with Gasteiger partial charge in [0.15, 0.2) is 11.5 Å². The summed E-state index contributed by atoms with van der Waals surface area (Å²) in [5.41, 5.74) is -0.168. The Morgan fingerprint density at radius 3 is 2.70 bits per heavy atom. The Morgan fingerprint density at radius 2 is 2.00 bits per heavy atom. The van der Waals surface area contributed by atoms with Gasteiger partial charge in [-0.15, -0.1) is 10.2 Å². The molecule has 0 amide bonds. The van der Waals surface area contributed by atoms with E-state index in [0.29, 0.717) is 30.5 Å². The van der Waals surface area contributed by atoms with Crippen LogP contribution >= 0.6 is 0 Å². The van der Waals surface area contributed by atoms with Crippen LogP contribution in [0.25, 0.3) is 0 Å². The summed E-state index contributed by atoms with van der Waals surface area (Å²) in [5.74, 6) is 1.78. The van der Waals surface area contributed by atoms with E-state index in [0.717, 1.165) is 5.75 Å². The van der Waals surface area contributed by atoms with Gasteiger partial charge in [0.2, 0.25) is 5.95 Å². The monoisotopic (exact) mass is 316 g/mol. The minimum absolute atomic E-state index is 0.169. The number of rotatable bonds is 3. The van der Waals surface area contributed by atoms with E-state index in [4.69, 9.17) is 9.47 Å². The van der Waals surface area contributed by atoms with Gasteiger partial charge in [0.25, 0.3) is 5.56 Å². The van der Waals surface area contributed by atoms with Crippen LogP contribution in [0.5, 0.6) is 11.5 Å². The molecular formula is C16H20N4O3. The molecule has 3 rings (SSSR count). The van der Waals surface area contributed by atoms with Gasteiger partial charge in [0, 0.05) is 5.41 Å². The number of aromatic nitrogens is 3. The molecule has 1 aromatic carbocycles. The van der Waals surface area contributed by atoms with Crippen LogP contribution in [-0.2, 0) is 5.41 Å². The normalized spacial score (nSPS) is 16.9. The van der Waals surface area contributed by atoms with Crippen molar-refractivity contribution in [2.45, 2.75) is 32.3 Å². The van der Waals surface area contributed by atoms with Crippen LogP contribution in [0.3, 0.4) is 0 Å². The average molecular weight is 316 g/mol. The van der Waals surface area contributed by atoms with Crippen molar-refractivity contribution < 1.29 is 9.47 Å². The Balaban J connectivity index is 1.64. The highest BCUT2D eigenvalue weighted by Crippen LogP contribution is 2.30. The lowest BCUT2D eigenvalue weighted by Crippen LogP contribution is -2.36. The molecule has 122 valence electrons. The third-order valence-electron chi connectivity index (χ3n) is 3.47. The maximum Gasteiger partial charge on any atom is 0.274 e. The first-order valence-corrected chi connectivity index (χ1v) is 7.53. The zero-order valence-corrected chi connectivity index (χ0v) is 13.4. The largest absolute Gasteiger partial charge is 0.486 e. The van der Waals surface area contributed by atoms with Crippen molar-refractivity contribution in [1.82, 2.24) is 15.2 Å². The number of ether oxygens (including phenoxy) is 2. The van der Waals surface area contributed by atoms with Crippen LogP contribution in [0.15, 0.2) is 29.1 Å². The number of nitrogens with zero attached hydrogens (tertiary/aromatic N) is 2. The summed E-state index contributed by atoms with van der Waals surface area (Å²) < 4.78 is 11.5. The minimum atomic E-state index is -0.344. The standard InChI is InChI=1S/C16H20N4O3/c1-16(2,3)13-14(21)18-15(20-19-13)17-8-10-9-22-11-6-4-5-7-12(11)23-10/h4-7,10H,8-9H2,1-3H3,(H2,17,18,20,21). The molecule has 1 aromatic heterocycles. The van der Waals surface area contributed by atoms with Crippen LogP contribution in [0.2, 0.25) is 0 Å². The Labute approximate surface area is 134 Å². The van der Waals surface area contributed by atoms with Crippen LogP contribution < -0.4 is 20.3 Å². The first kappa shape index (κ1) is 15.3. The third kappa shape index (κ3) is 3.44. The van der Waals surface area contributed by atoms with Crippen LogP contribution in [0.4, 0.5) is 5.95 Å². The highest BCUT2D eigenvalue weighted by Gasteiger charge is 2.22. The summed E-state index contributed by atoms with van der Waals surface area (Å²) in [6.07, 6.45) is -0.169. The van der Waals surface area contributed by atoms with Gasteiger partial charge in [0.05, 0.1) is 6.54 Å². The molecule has 2 aromatic rings. The average Bonchev–Trinajstić information content (AvgIpc) is 2.51. The van der Waals surface area contributed by atoms with E-state index in [-0.39, 0.29) is 17.1 Å². The predicted molar refractivity (Wildman–Crippen MR) is 86.2 cm³/mol. The first-order valence-electron chi connectivity index (χ1n) is 7.53. The summed E-state index contributed by atoms with van der Waals surface area (Å²) in [6, 6.07) is 7.53. The lowest BCUT2D eigenvalue weighted by atomic mass is 9.93. The zero-order valence-electron chi connectivity index (χ0n) is 13.4. The number of nitrogens with one attached hydrogen (secondary N) is 2. The summed E-state index contributed by atoms with van der Waals surface area (Å²) in [4.78, 5) is 14.8. The van der Waals surface area contributed by atoms with Gasteiger partial charge in [-0.05, 0) is 12.1 Å². The zero-order chi connectivity index (χ0) is 16.4. The molecule has 0 aliphatic carbocycles. The van der Waals surface area contributed by atoms with Gasteiger partial charge in [-0.25, -0.2) is 0 Å². The van der Waals surface area contributed by atoms with Crippen molar-refractivity contribution in [3.05, 3.63) is 40.3 Å². The molecule has 7 heteroatoms. The molecule has 0 spiro atoms. The second kappa shape index (κ2) is 5.91. The molecule has 7 nitrogen and oxygen atoms in total. The van der Waals surface area contributed by atoms with Crippen molar-refractivity contribution in [1.29, 1.82) is 0 Å². The Bertz CT molecular complexity index is 751. The highest BCUT2D eigenvalue weighted by molar-refractivity contribution is 5.41. The quantitative estimate of drug-likeness (QED) is 0.896. The number of hydrogen-bond donors (Lipinski definition) is 2. The van der Waals surface area contributed by atoms with Crippen molar-refractivity contribution in [3.8, 4) is 11.5 Å². The van der Waals surface area contributed by atoms with Crippen molar-refractivity contribution in [2.24, 2.45) is 0 Å². The fraction of sp³-hybridized carbons (Fsp3) is 0.438. The van der Waals surface area contributed by atoms with Crippen LogP contribution in [0.1, 0.15) is 26.5 Å². The second-order valence-electron chi connectivity index (χ2n) is 6.48. The number of hydrogen-bond acceptors (Lipinski definition) is 6. The Kier molecular flexibility index (Phi) is 3.94. The molecule has 2 N–H and O–H groups in total. The summed E-state index contributed by atoms with van der Waals surface area (Å²) >= 11 is 0. The van der Waals surface area contributed by atoms with E-state index >= 15 is 0 Å². The fourth-order valence-corrected chi connectivity index (χ4v) is 2.28. The summed E-state index contributed by atoms with van der Waals surface area (Å²) in [7, 11) is 0. The molecule has 23 heavy (non-hydrogen) atoms. The molecule has 0 fully saturated rings. The highest BCUT2D eigenvalue weighted by atomic mass is 16.6. The van der Waals surface area contributed by atoms with E-state index in [2.05, 4.69) is 20.5 Å². The van der Waals surface area contributed by atoms with E-state index in [9.17, 15) is 4.79 Å². The SMILES string of the molecule is CC(C)(C)c1nnc(NCC2COc3ccccc3O2)[nH]c1=O. The maximum atomic E-state index is 12.0. The fourth-order valence-electron chi connectivity index (χ4n) is 2.28. The number of anilines is 1. The molecule has 1 atom stereocenters. The van der Waals surface area contributed by atoms with Gasteiger partial charge >= 0.3 is 0 Å². The molecule has 0 bridgehead atoms. The van der Waals surface area contributed by atoms with Crippen molar-refractivity contribution in [3.63, 3.8) is 0 Å². The van der Waals surface area contributed by atoms with Crippen molar-refractivity contribution in [2.75, 3.05) is 18.5 Å². The molecule has 1 aliphatic heterocycles. The lowest BCUT2D eigenvalue weighted by molar-refractivity contribution is 0.0996. The van der Waals surface area contributed by atoms with Crippen LogP contribution in [0, 0.1) is 0 Å².